The first-order chi connectivity index (χ1) is 13.9. The van der Waals surface area contributed by atoms with Crippen LogP contribution in [0.5, 0.6) is 5.75 Å². The zero-order chi connectivity index (χ0) is 21.6. The van der Waals surface area contributed by atoms with Crippen LogP contribution in [-0.4, -0.2) is 79.2 Å². The maximum atomic E-state index is 13.0. The first kappa shape index (κ1) is 23.4. The number of rotatable bonds is 5. The van der Waals surface area contributed by atoms with Crippen LogP contribution < -0.4 is 5.32 Å². The number of piperazine rings is 1. The molecule has 2 N–H and O–H groups in total. The van der Waals surface area contributed by atoms with Crippen molar-refractivity contribution in [3.8, 4) is 5.75 Å². The molecule has 3 unspecified atom stereocenters. The zero-order valence-corrected chi connectivity index (χ0v) is 18.4. The summed E-state index contributed by atoms with van der Waals surface area (Å²) in [5.41, 5.74) is 1.60. The van der Waals surface area contributed by atoms with E-state index in [4.69, 9.17) is 16.3 Å². The van der Waals surface area contributed by atoms with Gasteiger partial charge in [0.1, 0.15) is 5.75 Å². The summed E-state index contributed by atoms with van der Waals surface area (Å²) < 4.78 is 5.25. The lowest BCUT2D eigenvalue weighted by Gasteiger charge is -2.33. The van der Waals surface area contributed by atoms with Gasteiger partial charge in [0.15, 0.2) is 6.10 Å². The van der Waals surface area contributed by atoms with E-state index >= 15 is 0 Å². The molecule has 1 aromatic carbocycles. The second kappa shape index (κ2) is 10.8. The predicted molar refractivity (Wildman–Crippen MR) is 113 cm³/mol. The van der Waals surface area contributed by atoms with E-state index in [2.05, 4.69) is 5.32 Å². The van der Waals surface area contributed by atoms with E-state index in [1.165, 1.54) is 0 Å². The number of phenols is 1. The number of amides is 1. The summed E-state index contributed by atoms with van der Waals surface area (Å²) in [5.74, 6) is -0.0485. The summed E-state index contributed by atoms with van der Waals surface area (Å²) in [6.45, 7) is 9.53. The Morgan fingerprint density at radius 2 is 2.00 bits per heavy atom. The molecule has 2 saturated heterocycles. The number of aryl methyl sites for hydroxylation is 1. The average molecular weight is 426 g/mol. The minimum Gasteiger partial charge on any atom is -0.508 e. The second-order valence-corrected chi connectivity index (χ2v) is 7.67. The van der Waals surface area contributed by atoms with Crippen molar-refractivity contribution >= 4 is 24.0 Å². The van der Waals surface area contributed by atoms with Crippen LogP contribution >= 0.6 is 11.6 Å². The van der Waals surface area contributed by atoms with Gasteiger partial charge in [-0.3, -0.25) is 14.5 Å². The Morgan fingerprint density at radius 1 is 1.34 bits per heavy atom. The molecule has 2 heterocycles. The largest absolute Gasteiger partial charge is 0.508 e. The van der Waals surface area contributed by atoms with Gasteiger partial charge in [-0.15, -0.1) is 0 Å². The van der Waals surface area contributed by atoms with Crippen LogP contribution in [0.2, 0.25) is 5.02 Å². The van der Waals surface area contributed by atoms with Gasteiger partial charge in [-0.2, -0.15) is 0 Å². The van der Waals surface area contributed by atoms with Crippen LogP contribution in [0.3, 0.4) is 0 Å². The fraction of sp³-hybridized carbons (Fsp3) is 0.619. The standard InChI is InChI=1S/C19H26ClN3O4.C2H6/c1-12-3-4-15(25)16(17(12)20)13-9-14(22(2)10-13)18(27-11-24)19(26)23-7-5-21-6-8-23;1-2/h3-4,11,13-14,18,21,25H,5-10H2,1-2H3;1-2H3. The van der Waals surface area contributed by atoms with Crippen LogP contribution in [0.1, 0.15) is 37.3 Å². The van der Waals surface area contributed by atoms with Gasteiger partial charge in [-0.05, 0) is 32.0 Å². The van der Waals surface area contributed by atoms with Crippen molar-refractivity contribution in [2.24, 2.45) is 0 Å². The maximum Gasteiger partial charge on any atom is 0.293 e. The van der Waals surface area contributed by atoms with Crippen molar-refractivity contribution in [2.45, 2.75) is 45.3 Å². The van der Waals surface area contributed by atoms with E-state index in [0.717, 1.165) is 18.7 Å². The molecular formula is C21H32ClN3O4. The lowest BCUT2D eigenvalue weighted by atomic mass is 9.92. The number of phenolic OH excluding ortho intramolecular Hbond substituents is 1. The van der Waals surface area contributed by atoms with Crippen LogP contribution in [0.4, 0.5) is 0 Å². The quantitative estimate of drug-likeness (QED) is 0.703. The van der Waals surface area contributed by atoms with Crippen molar-refractivity contribution < 1.29 is 19.4 Å². The summed E-state index contributed by atoms with van der Waals surface area (Å²) in [5, 5.41) is 14.1. The summed E-state index contributed by atoms with van der Waals surface area (Å²) in [6.07, 6.45) is -0.287. The van der Waals surface area contributed by atoms with E-state index in [1.807, 2.05) is 32.7 Å². The number of carbonyl (C=O) groups is 2. The fourth-order valence-corrected chi connectivity index (χ4v) is 4.43. The molecule has 0 spiro atoms. The van der Waals surface area contributed by atoms with Crippen molar-refractivity contribution in [1.82, 2.24) is 15.1 Å². The molecule has 8 heteroatoms. The van der Waals surface area contributed by atoms with Gasteiger partial charge in [-0.25, -0.2) is 0 Å². The number of ether oxygens (including phenoxy) is 1. The Bertz CT molecular complexity index is 709. The first-order valence-electron chi connectivity index (χ1n) is 10.2. The van der Waals surface area contributed by atoms with E-state index in [1.54, 1.807) is 17.0 Å². The molecule has 1 aromatic rings. The van der Waals surface area contributed by atoms with Crippen molar-refractivity contribution in [3.05, 3.63) is 28.3 Å². The van der Waals surface area contributed by atoms with Gasteiger partial charge in [0.05, 0.1) is 11.1 Å². The highest BCUT2D eigenvalue weighted by Crippen LogP contribution is 2.42. The molecule has 2 aliphatic rings. The third kappa shape index (κ3) is 5.21. The monoisotopic (exact) mass is 425 g/mol. The highest BCUT2D eigenvalue weighted by Gasteiger charge is 2.43. The number of halogens is 1. The predicted octanol–water partition coefficient (Wildman–Crippen LogP) is 2.14. The van der Waals surface area contributed by atoms with E-state index < -0.39 is 6.10 Å². The molecule has 0 bridgehead atoms. The normalized spacial score (nSPS) is 23.1. The molecule has 0 aromatic heterocycles. The van der Waals surface area contributed by atoms with E-state index in [0.29, 0.717) is 43.1 Å². The van der Waals surface area contributed by atoms with Crippen molar-refractivity contribution in [1.29, 1.82) is 0 Å². The molecular weight excluding hydrogens is 394 g/mol. The molecule has 3 atom stereocenters. The number of nitrogens with zero attached hydrogens (tertiary/aromatic N) is 2. The highest BCUT2D eigenvalue weighted by molar-refractivity contribution is 6.32. The molecule has 2 aliphatic heterocycles. The number of aromatic hydroxyl groups is 1. The summed E-state index contributed by atoms with van der Waals surface area (Å²) in [7, 11) is 1.90. The number of nitrogens with one attached hydrogen (secondary N) is 1. The Balaban J connectivity index is 0.00000145. The molecule has 3 rings (SSSR count). The number of likely N-dealkylation sites (tertiary alicyclic amines) is 1. The highest BCUT2D eigenvalue weighted by atomic mass is 35.5. The average Bonchev–Trinajstić information content (AvgIpc) is 3.11. The Morgan fingerprint density at radius 3 is 2.62 bits per heavy atom. The van der Waals surface area contributed by atoms with Crippen LogP contribution in [0.15, 0.2) is 12.1 Å². The molecule has 0 radical (unpaired) electrons. The number of hydrogen-bond acceptors (Lipinski definition) is 6. The molecule has 7 nitrogen and oxygen atoms in total. The molecule has 0 saturated carbocycles. The Kier molecular flexibility index (Phi) is 8.74. The van der Waals surface area contributed by atoms with Gasteiger partial charge in [0, 0.05) is 44.2 Å². The summed E-state index contributed by atoms with van der Waals surface area (Å²) in [4.78, 5) is 27.8. The molecule has 1 amide bonds. The van der Waals surface area contributed by atoms with E-state index in [9.17, 15) is 14.7 Å². The van der Waals surface area contributed by atoms with E-state index in [-0.39, 0.29) is 23.6 Å². The lowest BCUT2D eigenvalue weighted by Crippen LogP contribution is -2.54. The second-order valence-electron chi connectivity index (χ2n) is 7.30. The first-order valence-corrected chi connectivity index (χ1v) is 10.6. The summed E-state index contributed by atoms with van der Waals surface area (Å²) in [6, 6.07) is 3.16. The van der Waals surface area contributed by atoms with Gasteiger partial charge < -0.3 is 20.1 Å². The fourth-order valence-electron chi connectivity index (χ4n) is 4.11. The van der Waals surface area contributed by atoms with Gasteiger partial charge in [-0.1, -0.05) is 31.5 Å². The smallest absolute Gasteiger partial charge is 0.293 e. The molecule has 29 heavy (non-hydrogen) atoms. The van der Waals surface area contributed by atoms with Crippen LogP contribution in [-0.2, 0) is 14.3 Å². The maximum absolute atomic E-state index is 13.0. The van der Waals surface area contributed by atoms with Gasteiger partial charge >= 0.3 is 0 Å². The lowest BCUT2D eigenvalue weighted by molar-refractivity contribution is -0.155. The third-order valence-electron chi connectivity index (χ3n) is 5.58. The minimum atomic E-state index is -0.860. The number of benzene rings is 1. The number of hydrogen-bond donors (Lipinski definition) is 2. The minimum absolute atomic E-state index is 0.0408. The zero-order valence-electron chi connectivity index (χ0n) is 17.7. The SMILES string of the molecule is CC.Cc1ccc(O)c(C2CC(C(OC=O)C(=O)N3CCNCC3)N(C)C2)c1Cl. The van der Waals surface area contributed by atoms with Crippen LogP contribution in [0, 0.1) is 6.92 Å². The third-order valence-corrected chi connectivity index (χ3v) is 6.08. The Hall–Kier alpha value is -1.83. The van der Waals surface area contributed by atoms with Crippen molar-refractivity contribution in [2.75, 3.05) is 39.8 Å². The molecule has 0 aliphatic carbocycles. The number of likely N-dealkylation sites (N-methyl/N-ethyl adjacent to an activating group) is 1. The van der Waals surface area contributed by atoms with Gasteiger partial charge in [0.2, 0.25) is 0 Å². The number of carbonyl (C=O) groups excluding carboxylic acids is 2. The van der Waals surface area contributed by atoms with Crippen LogP contribution in [0.25, 0.3) is 0 Å². The summed E-state index contributed by atoms with van der Waals surface area (Å²) >= 11 is 6.45. The Labute approximate surface area is 178 Å². The molecule has 2 fully saturated rings. The topological polar surface area (TPSA) is 82.1 Å². The van der Waals surface area contributed by atoms with Crippen molar-refractivity contribution in [3.63, 3.8) is 0 Å². The molecule has 162 valence electrons. The van der Waals surface area contributed by atoms with Gasteiger partial charge in [0.25, 0.3) is 12.4 Å².